The van der Waals surface area contributed by atoms with Gasteiger partial charge in [-0.25, -0.2) is 0 Å². The molecule has 1 amide bonds. The second-order valence-electron chi connectivity index (χ2n) is 4.97. The molecule has 1 fully saturated rings. The van der Waals surface area contributed by atoms with Crippen molar-refractivity contribution in [2.24, 2.45) is 0 Å². The summed E-state index contributed by atoms with van der Waals surface area (Å²) in [5.41, 5.74) is 8.35. The van der Waals surface area contributed by atoms with E-state index in [9.17, 15) is 4.79 Å². The molecule has 1 aromatic carbocycles. The molecule has 0 saturated carbocycles. The van der Waals surface area contributed by atoms with E-state index in [1.165, 1.54) is 0 Å². The zero-order valence-electron chi connectivity index (χ0n) is 11.9. The van der Waals surface area contributed by atoms with Crippen LogP contribution in [-0.4, -0.2) is 43.7 Å². The molecule has 1 aliphatic rings. The van der Waals surface area contributed by atoms with Gasteiger partial charge in [-0.2, -0.15) is 0 Å². The molecule has 1 aliphatic heterocycles. The topological polar surface area (TPSA) is 80.5 Å². The third-order valence-electron chi connectivity index (χ3n) is 3.76. The van der Waals surface area contributed by atoms with E-state index in [1.807, 2.05) is 24.3 Å². The number of hydrogen-bond acceptors (Lipinski definition) is 5. The van der Waals surface area contributed by atoms with Crippen molar-refractivity contribution < 1.29 is 9.53 Å². The maximum atomic E-state index is 12.1. The smallest absolute Gasteiger partial charge is 0.244 e. The second kappa shape index (κ2) is 5.57. The third kappa shape index (κ3) is 2.38. The van der Waals surface area contributed by atoms with Gasteiger partial charge in [0.15, 0.2) is 0 Å². The van der Waals surface area contributed by atoms with Crippen LogP contribution in [0.25, 0.3) is 10.9 Å². The molecule has 3 N–H and O–H groups in total. The highest BCUT2D eigenvalue weighted by Gasteiger charge is 2.30. The van der Waals surface area contributed by atoms with Gasteiger partial charge >= 0.3 is 0 Å². The Morgan fingerprint density at radius 3 is 3.14 bits per heavy atom. The van der Waals surface area contributed by atoms with E-state index in [0.717, 1.165) is 16.6 Å². The summed E-state index contributed by atoms with van der Waals surface area (Å²) in [5.74, 6) is -0.0523. The normalized spacial score (nSPS) is 18.7. The van der Waals surface area contributed by atoms with Gasteiger partial charge in [-0.05, 0) is 24.3 Å². The van der Waals surface area contributed by atoms with E-state index >= 15 is 0 Å². The van der Waals surface area contributed by atoms with Crippen molar-refractivity contribution in [1.29, 1.82) is 0 Å². The summed E-state index contributed by atoms with van der Waals surface area (Å²) in [6.45, 7) is 1.64. The second-order valence-corrected chi connectivity index (χ2v) is 4.97. The van der Waals surface area contributed by atoms with Crippen molar-refractivity contribution in [1.82, 2.24) is 10.3 Å². The van der Waals surface area contributed by atoms with Crippen LogP contribution in [0.3, 0.4) is 0 Å². The summed E-state index contributed by atoms with van der Waals surface area (Å²) in [6, 6.07) is 7.29. The van der Waals surface area contributed by atoms with E-state index < -0.39 is 0 Å². The average Bonchev–Trinajstić information content (AvgIpc) is 2.55. The molecular formula is C15H18N4O2. The lowest BCUT2D eigenvalue weighted by Gasteiger charge is -2.36. The van der Waals surface area contributed by atoms with E-state index in [2.05, 4.69) is 15.2 Å². The fourth-order valence-corrected chi connectivity index (χ4v) is 2.71. The first-order valence-electron chi connectivity index (χ1n) is 6.91. The molecule has 1 atom stereocenters. The highest BCUT2D eigenvalue weighted by atomic mass is 16.5. The average molecular weight is 286 g/mol. The van der Waals surface area contributed by atoms with Crippen molar-refractivity contribution in [3.8, 4) is 0 Å². The van der Waals surface area contributed by atoms with Gasteiger partial charge in [0, 0.05) is 30.9 Å². The number of benzene rings is 1. The largest absolute Gasteiger partial charge is 0.397 e. The first-order chi connectivity index (χ1) is 10.2. The van der Waals surface area contributed by atoms with E-state index in [4.69, 9.17) is 10.5 Å². The lowest BCUT2D eigenvalue weighted by Crippen LogP contribution is -2.53. The van der Waals surface area contributed by atoms with Crippen LogP contribution in [0.4, 0.5) is 11.4 Å². The maximum absolute atomic E-state index is 12.1. The summed E-state index contributed by atoms with van der Waals surface area (Å²) in [5, 5.41) is 3.65. The molecule has 21 heavy (non-hydrogen) atoms. The molecule has 0 radical (unpaired) electrons. The standard InChI is InChI=1S/C15H18N4O2/c1-17-15(20)13-9-21-8-7-19(13)12-5-4-11(16)14-10(12)3-2-6-18-14/h2-6,13H,7-9,16H2,1H3,(H,17,20). The van der Waals surface area contributed by atoms with Gasteiger partial charge in [0.1, 0.15) is 6.04 Å². The molecule has 2 heterocycles. The lowest BCUT2D eigenvalue weighted by atomic mass is 10.1. The summed E-state index contributed by atoms with van der Waals surface area (Å²) in [7, 11) is 1.64. The fraction of sp³-hybridized carbons (Fsp3) is 0.333. The van der Waals surface area contributed by atoms with Crippen LogP contribution in [-0.2, 0) is 9.53 Å². The first-order valence-corrected chi connectivity index (χ1v) is 6.91. The molecule has 3 rings (SSSR count). The summed E-state index contributed by atoms with van der Waals surface area (Å²) < 4.78 is 5.45. The van der Waals surface area contributed by atoms with Crippen LogP contribution in [0.5, 0.6) is 0 Å². The molecule has 6 nitrogen and oxygen atoms in total. The predicted molar refractivity (Wildman–Crippen MR) is 82.2 cm³/mol. The maximum Gasteiger partial charge on any atom is 0.244 e. The van der Waals surface area contributed by atoms with Gasteiger partial charge in [-0.3, -0.25) is 9.78 Å². The summed E-state index contributed by atoms with van der Waals surface area (Å²) >= 11 is 0. The summed E-state index contributed by atoms with van der Waals surface area (Å²) in [4.78, 5) is 18.5. The highest BCUT2D eigenvalue weighted by Crippen LogP contribution is 2.31. The Bertz CT molecular complexity index is 674. The van der Waals surface area contributed by atoms with Crippen molar-refractivity contribution in [3.05, 3.63) is 30.5 Å². The number of nitrogens with one attached hydrogen (secondary N) is 1. The zero-order chi connectivity index (χ0) is 14.8. The van der Waals surface area contributed by atoms with E-state index in [0.29, 0.717) is 25.4 Å². The van der Waals surface area contributed by atoms with Crippen LogP contribution in [0.15, 0.2) is 30.5 Å². The van der Waals surface area contributed by atoms with Crippen LogP contribution in [0.1, 0.15) is 0 Å². The molecule has 110 valence electrons. The first kappa shape index (κ1) is 13.6. The summed E-state index contributed by atoms with van der Waals surface area (Å²) in [6.07, 6.45) is 1.72. The number of rotatable bonds is 2. The molecule has 1 unspecified atom stereocenters. The Morgan fingerprint density at radius 1 is 1.48 bits per heavy atom. The Balaban J connectivity index is 2.10. The number of ether oxygens (including phenoxy) is 1. The Kier molecular flexibility index (Phi) is 3.62. The molecule has 0 aliphatic carbocycles. The van der Waals surface area contributed by atoms with E-state index in [-0.39, 0.29) is 11.9 Å². The SMILES string of the molecule is CNC(=O)C1COCCN1c1ccc(N)c2ncccc12. The number of pyridine rings is 1. The van der Waals surface area contributed by atoms with E-state index in [1.54, 1.807) is 13.2 Å². The van der Waals surface area contributed by atoms with Crippen LogP contribution in [0, 0.1) is 0 Å². The molecule has 6 heteroatoms. The monoisotopic (exact) mass is 286 g/mol. The number of fused-ring (bicyclic) bond motifs is 1. The van der Waals surface area contributed by atoms with Crippen molar-refractivity contribution in [2.75, 3.05) is 37.4 Å². The van der Waals surface area contributed by atoms with Crippen molar-refractivity contribution in [3.63, 3.8) is 0 Å². The number of carbonyl (C=O) groups excluding carboxylic acids is 1. The number of anilines is 2. The Labute approximate surface area is 122 Å². The van der Waals surface area contributed by atoms with Gasteiger partial charge in [0.2, 0.25) is 5.91 Å². The minimum atomic E-state index is -0.337. The quantitative estimate of drug-likeness (QED) is 0.797. The molecule has 0 spiro atoms. The number of nitrogens with zero attached hydrogens (tertiary/aromatic N) is 2. The van der Waals surface area contributed by atoms with Gasteiger partial charge < -0.3 is 20.7 Å². The minimum Gasteiger partial charge on any atom is -0.397 e. The molecule has 1 saturated heterocycles. The third-order valence-corrected chi connectivity index (χ3v) is 3.76. The molecule has 1 aromatic heterocycles. The van der Waals surface area contributed by atoms with Crippen LogP contribution >= 0.6 is 0 Å². The number of hydrogen-bond donors (Lipinski definition) is 2. The molecular weight excluding hydrogens is 268 g/mol. The number of nitrogens with two attached hydrogens (primary N) is 1. The number of morpholine rings is 1. The van der Waals surface area contributed by atoms with Gasteiger partial charge in [0.25, 0.3) is 0 Å². The van der Waals surface area contributed by atoms with Crippen molar-refractivity contribution >= 4 is 28.2 Å². The minimum absolute atomic E-state index is 0.0523. The number of likely N-dealkylation sites (N-methyl/N-ethyl adjacent to an activating group) is 1. The fourth-order valence-electron chi connectivity index (χ4n) is 2.71. The van der Waals surface area contributed by atoms with Gasteiger partial charge in [-0.15, -0.1) is 0 Å². The number of amides is 1. The lowest BCUT2D eigenvalue weighted by molar-refractivity contribution is -0.124. The number of nitrogen functional groups attached to an aromatic ring is 1. The predicted octanol–water partition coefficient (Wildman–Crippen LogP) is 0.768. The van der Waals surface area contributed by atoms with Crippen LogP contribution in [0.2, 0.25) is 0 Å². The van der Waals surface area contributed by atoms with Gasteiger partial charge in [0.05, 0.1) is 24.4 Å². The number of aromatic nitrogens is 1. The highest BCUT2D eigenvalue weighted by molar-refractivity contribution is 6.00. The number of carbonyl (C=O) groups is 1. The Morgan fingerprint density at radius 2 is 2.33 bits per heavy atom. The van der Waals surface area contributed by atoms with Gasteiger partial charge in [-0.1, -0.05) is 0 Å². The molecule has 2 aromatic rings. The van der Waals surface area contributed by atoms with Crippen molar-refractivity contribution in [2.45, 2.75) is 6.04 Å². The Hall–Kier alpha value is -2.34. The molecule has 0 bridgehead atoms. The zero-order valence-corrected chi connectivity index (χ0v) is 11.9. The van der Waals surface area contributed by atoms with Crippen LogP contribution < -0.4 is 16.0 Å².